The van der Waals surface area contributed by atoms with E-state index < -0.39 is 5.25 Å². The van der Waals surface area contributed by atoms with E-state index in [0.29, 0.717) is 16.7 Å². The summed E-state index contributed by atoms with van der Waals surface area (Å²) in [6, 6.07) is 11.2. The maximum absolute atomic E-state index is 12.7. The van der Waals surface area contributed by atoms with Crippen LogP contribution in [0.3, 0.4) is 0 Å². The first-order valence-electron chi connectivity index (χ1n) is 6.93. The topological polar surface area (TPSA) is 85.8 Å². The van der Waals surface area contributed by atoms with Crippen molar-refractivity contribution >= 4 is 23.5 Å². The van der Waals surface area contributed by atoms with Crippen LogP contribution in [-0.2, 0) is 11.8 Å². The van der Waals surface area contributed by atoms with E-state index in [9.17, 15) is 4.79 Å². The number of hydrogen-bond acceptors (Lipinski definition) is 6. The zero-order chi connectivity index (χ0) is 16.2. The number of aromatic nitrogens is 4. The first-order chi connectivity index (χ1) is 11.1. The molecule has 1 N–H and O–H groups in total. The van der Waals surface area contributed by atoms with Crippen LogP contribution < -0.4 is 5.32 Å². The van der Waals surface area contributed by atoms with Gasteiger partial charge in [-0.15, -0.1) is 10.2 Å². The first kappa shape index (κ1) is 15.3. The lowest BCUT2D eigenvalue weighted by molar-refractivity contribution is -0.115. The van der Waals surface area contributed by atoms with Crippen molar-refractivity contribution in [2.75, 3.05) is 5.32 Å². The van der Waals surface area contributed by atoms with Crippen molar-refractivity contribution in [1.82, 2.24) is 19.9 Å². The van der Waals surface area contributed by atoms with Gasteiger partial charge in [0.25, 0.3) is 0 Å². The SMILES string of the molecule is Cc1cc(NC(=O)C(Sc2nncn2C)c2ccccc2)no1. The Balaban J connectivity index is 1.85. The normalized spacial score (nSPS) is 12.1. The van der Waals surface area contributed by atoms with Gasteiger partial charge >= 0.3 is 0 Å². The Morgan fingerprint density at radius 1 is 1.35 bits per heavy atom. The van der Waals surface area contributed by atoms with Gasteiger partial charge in [-0.1, -0.05) is 47.3 Å². The van der Waals surface area contributed by atoms with E-state index in [0.717, 1.165) is 5.56 Å². The number of nitrogens with zero attached hydrogens (tertiary/aromatic N) is 4. The highest BCUT2D eigenvalue weighted by atomic mass is 32.2. The van der Waals surface area contributed by atoms with Crippen molar-refractivity contribution in [3.63, 3.8) is 0 Å². The van der Waals surface area contributed by atoms with Crippen molar-refractivity contribution in [1.29, 1.82) is 0 Å². The highest BCUT2D eigenvalue weighted by molar-refractivity contribution is 8.00. The van der Waals surface area contributed by atoms with Crippen molar-refractivity contribution in [2.45, 2.75) is 17.3 Å². The molecule has 23 heavy (non-hydrogen) atoms. The third-order valence-electron chi connectivity index (χ3n) is 3.11. The van der Waals surface area contributed by atoms with E-state index in [1.165, 1.54) is 11.8 Å². The summed E-state index contributed by atoms with van der Waals surface area (Å²) in [6.45, 7) is 1.77. The average Bonchev–Trinajstić information content (AvgIpc) is 3.14. The van der Waals surface area contributed by atoms with Gasteiger partial charge in [0, 0.05) is 13.1 Å². The monoisotopic (exact) mass is 329 g/mol. The van der Waals surface area contributed by atoms with Crippen LogP contribution in [0.25, 0.3) is 0 Å². The minimum Gasteiger partial charge on any atom is -0.360 e. The first-order valence-corrected chi connectivity index (χ1v) is 7.81. The summed E-state index contributed by atoms with van der Waals surface area (Å²) >= 11 is 1.33. The highest BCUT2D eigenvalue weighted by Gasteiger charge is 2.24. The Kier molecular flexibility index (Phi) is 4.42. The Morgan fingerprint density at radius 3 is 2.74 bits per heavy atom. The zero-order valence-electron chi connectivity index (χ0n) is 12.6. The molecule has 0 bridgehead atoms. The zero-order valence-corrected chi connectivity index (χ0v) is 13.4. The number of nitrogens with one attached hydrogen (secondary N) is 1. The van der Waals surface area contributed by atoms with E-state index >= 15 is 0 Å². The van der Waals surface area contributed by atoms with Gasteiger partial charge < -0.3 is 14.4 Å². The number of aryl methyl sites for hydroxylation is 2. The second kappa shape index (κ2) is 6.66. The van der Waals surface area contributed by atoms with Crippen molar-refractivity contribution in [3.8, 4) is 0 Å². The molecule has 3 aromatic rings. The van der Waals surface area contributed by atoms with Gasteiger partial charge in [-0.3, -0.25) is 4.79 Å². The number of carbonyl (C=O) groups is 1. The molecule has 1 amide bonds. The number of anilines is 1. The molecule has 1 aromatic carbocycles. The maximum Gasteiger partial charge on any atom is 0.243 e. The minimum absolute atomic E-state index is 0.197. The predicted octanol–water partition coefficient (Wildman–Crippen LogP) is 2.58. The van der Waals surface area contributed by atoms with Crippen LogP contribution in [0.2, 0.25) is 0 Å². The van der Waals surface area contributed by atoms with E-state index in [-0.39, 0.29) is 5.91 Å². The molecule has 0 spiro atoms. The van der Waals surface area contributed by atoms with Gasteiger partial charge in [0.2, 0.25) is 5.91 Å². The van der Waals surface area contributed by atoms with E-state index in [1.54, 1.807) is 23.9 Å². The largest absolute Gasteiger partial charge is 0.360 e. The number of amides is 1. The average molecular weight is 329 g/mol. The lowest BCUT2D eigenvalue weighted by Crippen LogP contribution is -2.19. The lowest BCUT2D eigenvalue weighted by atomic mass is 10.1. The Bertz CT molecular complexity index is 799. The summed E-state index contributed by atoms with van der Waals surface area (Å²) in [6.07, 6.45) is 1.60. The van der Waals surface area contributed by atoms with Crippen LogP contribution in [0.4, 0.5) is 5.82 Å². The Morgan fingerprint density at radius 2 is 2.13 bits per heavy atom. The third kappa shape index (κ3) is 3.59. The van der Waals surface area contributed by atoms with Crippen LogP contribution in [0.1, 0.15) is 16.6 Å². The summed E-state index contributed by atoms with van der Waals surface area (Å²) in [5.41, 5.74) is 0.873. The fraction of sp³-hybridized carbons (Fsp3) is 0.200. The molecule has 1 unspecified atom stereocenters. The minimum atomic E-state index is -0.476. The molecule has 0 saturated carbocycles. The van der Waals surface area contributed by atoms with Gasteiger partial charge in [-0.2, -0.15) is 0 Å². The standard InChI is InChI=1S/C15H15N5O2S/c1-10-8-12(19-22-10)17-14(21)13(11-6-4-3-5-7-11)23-15-18-16-9-20(15)2/h3-9,13H,1-2H3,(H,17,19,21). The van der Waals surface area contributed by atoms with Gasteiger partial charge in [0.05, 0.1) is 0 Å². The van der Waals surface area contributed by atoms with E-state index in [2.05, 4.69) is 20.7 Å². The van der Waals surface area contributed by atoms with Gasteiger partial charge in [-0.25, -0.2) is 0 Å². The van der Waals surface area contributed by atoms with Crippen molar-refractivity contribution < 1.29 is 9.32 Å². The molecule has 0 aliphatic carbocycles. The van der Waals surface area contributed by atoms with Crippen LogP contribution in [0, 0.1) is 6.92 Å². The molecular weight excluding hydrogens is 314 g/mol. The molecule has 2 heterocycles. The summed E-state index contributed by atoms with van der Waals surface area (Å²) in [4.78, 5) is 12.7. The molecule has 1 atom stereocenters. The van der Waals surface area contributed by atoms with E-state index in [1.807, 2.05) is 37.4 Å². The van der Waals surface area contributed by atoms with Gasteiger partial charge in [0.15, 0.2) is 11.0 Å². The molecule has 7 nitrogen and oxygen atoms in total. The van der Waals surface area contributed by atoms with E-state index in [4.69, 9.17) is 4.52 Å². The second-order valence-electron chi connectivity index (χ2n) is 4.95. The summed E-state index contributed by atoms with van der Waals surface area (Å²) in [5.74, 6) is 0.835. The molecule has 0 saturated heterocycles. The molecule has 0 aliphatic rings. The van der Waals surface area contributed by atoms with Crippen molar-refractivity contribution in [3.05, 3.63) is 54.0 Å². The third-order valence-corrected chi connectivity index (χ3v) is 4.42. The predicted molar refractivity (Wildman–Crippen MR) is 85.9 cm³/mol. The summed E-state index contributed by atoms with van der Waals surface area (Å²) < 4.78 is 6.75. The smallest absolute Gasteiger partial charge is 0.243 e. The van der Waals surface area contributed by atoms with Gasteiger partial charge in [0.1, 0.15) is 17.3 Å². The number of thioether (sulfide) groups is 1. The maximum atomic E-state index is 12.7. The molecule has 0 fully saturated rings. The Labute approximate surface area is 137 Å². The second-order valence-corrected chi connectivity index (χ2v) is 6.02. The van der Waals surface area contributed by atoms with Crippen LogP contribution in [0.5, 0.6) is 0 Å². The molecule has 3 rings (SSSR count). The number of benzene rings is 1. The van der Waals surface area contributed by atoms with Crippen LogP contribution >= 0.6 is 11.8 Å². The molecule has 0 aliphatic heterocycles. The summed E-state index contributed by atoms with van der Waals surface area (Å²) in [5, 5.41) is 14.6. The van der Waals surface area contributed by atoms with Crippen LogP contribution in [0.15, 0.2) is 52.4 Å². The lowest BCUT2D eigenvalue weighted by Gasteiger charge is -2.15. The Hall–Kier alpha value is -2.61. The van der Waals surface area contributed by atoms with Crippen LogP contribution in [-0.4, -0.2) is 25.8 Å². The van der Waals surface area contributed by atoms with Crippen molar-refractivity contribution in [2.24, 2.45) is 7.05 Å². The fourth-order valence-corrected chi connectivity index (χ4v) is 2.98. The number of hydrogen-bond donors (Lipinski definition) is 1. The molecule has 118 valence electrons. The number of carbonyl (C=O) groups excluding carboxylic acids is 1. The highest BCUT2D eigenvalue weighted by Crippen LogP contribution is 2.34. The molecule has 2 aromatic heterocycles. The fourth-order valence-electron chi connectivity index (χ4n) is 2.00. The quantitative estimate of drug-likeness (QED) is 0.724. The summed E-state index contributed by atoms with van der Waals surface area (Å²) in [7, 11) is 1.84. The van der Waals surface area contributed by atoms with Gasteiger partial charge in [-0.05, 0) is 12.5 Å². The number of rotatable bonds is 5. The molecular formula is C15H15N5O2S. The molecule has 8 heteroatoms. The molecule has 0 radical (unpaired) electrons.